The molecule has 0 saturated carbocycles. The molecule has 26 heavy (non-hydrogen) atoms. The summed E-state index contributed by atoms with van der Waals surface area (Å²) < 4.78 is 14.3. The van der Waals surface area contributed by atoms with E-state index < -0.39 is 7.14 Å². The maximum Gasteiger partial charge on any atom is 0.171 e. The Labute approximate surface area is 153 Å². The van der Waals surface area contributed by atoms with Crippen LogP contribution >= 0.6 is 7.14 Å². The van der Waals surface area contributed by atoms with E-state index in [4.69, 9.17) is 0 Å². The lowest BCUT2D eigenvalue weighted by atomic mass is 10.1. The first-order valence-corrected chi connectivity index (χ1v) is 10.2. The predicted octanol–water partition coefficient (Wildman–Crippen LogP) is 4.39. The highest BCUT2D eigenvalue weighted by Gasteiger charge is 2.29. The molecule has 0 saturated heterocycles. The molecule has 0 amide bonds. The Balaban J connectivity index is 1.84. The molecule has 0 radical (unpaired) electrons. The van der Waals surface area contributed by atoms with Gasteiger partial charge in [0.05, 0.1) is 0 Å². The van der Waals surface area contributed by atoms with Crippen LogP contribution in [0, 0.1) is 0 Å². The molecular formula is C23H18NOP. The largest absolute Gasteiger partial charge is 0.309 e. The third-order valence-corrected chi connectivity index (χ3v) is 7.56. The number of pyridine rings is 1. The Morgan fingerprint density at radius 3 is 1.42 bits per heavy atom. The maximum absolute atomic E-state index is 14.3. The average Bonchev–Trinajstić information content (AvgIpc) is 2.75. The SMILES string of the molecule is O=P(c1ccccc1)(c1ccccc1)c1ccc(-c2ccncc2)cc1. The summed E-state index contributed by atoms with van der Waals surface area (Å²) in [4.78, 5) is 4.06. The maximum atomic E-state index is 14.3. The van der Waals surface area contributed by atoms with Gasteiger partial charge >= 0.3 is 0 Å². The van der Waals surface area contributed by atoms with Crippen LogP contribution in [0.25, 0.3) is 11.1 Å². The highest BCUT2D eigenvalue weighted by atomic mass is 31.2. The molecule has 1 heterocycles. The molecule has 0 aliphatic heterocycles. The van der Waals surface area contributed by atoms with Crippen LogP contribution in [0.5, 0.6) is 0 Å². The number of aromatic nitrogens is 1. The van der Waals surface area contributed by atoms with Gasteiger partial charge in [0.2, 0.25) is 0 Å². The standard InChI is InChI=1S/C23H18NOP/c25-26(21-7-3-1-4-8-21,22-9-5-2-6-10-22)23-13-11-19(12-14-23)20-15-17-24-18-16-20/h1-18H. The summed E-state index contributed by atoms with van der Waals surface area (Å²) in [7, 11) is -2.90. The molecule has 3 heteroatoms. The predicted molar refractivity (Wildman–Crippen MR) is 109 cm³/mol. The molecule has 126 valence electrons. The quantitative estimate of drug-likeness (QED) is 0.508. The van der Waals surface area contributed by atoms with Crippen molar-refractivity contribution >= 4 is 23.1 Å². The fraction of sp³-hybridized carbons (Fsp3) is 0. The molecule has 0 N–H and O–H groups in total. The third kappa shape index (κ3) is 3.00. The van der Waals surface area contributed by atoms with Crippen molar-refractivity contribution in [3.8, 4) is 11.1 Å². The second-order valence-corrected chi connectivity index (χ2v) is 8.83. The van der Waals surface area contributed by atoms with Gasteiger partial charge in [-0.15, -0.1) is 0 Å². The third-order valence-electron chi connectivity index (χ3n) is 4.48. The zero-order valence-corrected chi connectivity index (χ0v) is 15.1. The zero-order valence-electron chi connectivity index (χ0n) is 14.2. The van der Waals surface area contributed by atoms with Crippen molar-refractivity contribution in [2.45, 2.75) is 0 Å². The second-order valence-electron chi connectivity index (χ2n) is 6.06. The number of hydrogen-bond donors (Lipinski definition) is 0. The highest BCUT2D eigenvalue weighted by Crippen LogP contribution is 2.42. The van der Waals surface area contributed by atoms with E-state index in [1.165, 1.54) is 0 Å². The summed E-state index contributed by atoms with van der Waals surface area (Å²) in [6.45, 7) is 0. The van der Waals surface area contributed by atoms with Crippen LogP contribution in [-0.4, -0.2) is 4.98 Å². The number of benzene rings is 3. The average molecular weight is 355 g/mol. The summed E-state index contributed by atoms with van der Waals surface area (Å²) in [5, 5.41) is 2.54. The van der Waals surface area contributed by atoms with Gasteiger partial charge in [0, 0.05) is 28.3 Å². The fourth-order valence-electron chi connectivity index (χ4n) is 3.13. The van der Waals surface area contributed by atoms with Crippen molar-refractivity contribution in [2.75, 3.05) is 0 Å². The van der Waals surface area contributed by atoms with Gasteiger partial charge in [0.25, 0.3) is 0 Å². The first-order chi connectivity index (χ1) is 12.8. The van der Waals surface area contributed by atoms with Gasteiger partial charge in [-0.25, -0.2) is 0 Å². The fourth-order valence-corrected chi connectivity index (χ4v) is 5.78. The number of nitrogens with zero attached hydrogens (tertiary/aromatic N) is 1. The van der Waals surface area contributed by atoms with E-state index in [0.717, 1.165) is 27.0 Å². The van der Waals surface area contributed by atoms with Crippen molar-refractivity contribution in [1.29, 1.82) is 0 Å². The molecule has 0 bridgehead atoms. The first-order valence-electron chi connectivity index (χ1n) is 8.51. The molecule has 0 aliphatic rings. The molecular weight excluding hydrogens is 337 g/mol. The molecule has 0 fully saturated rings. The Morgan fingerprint density at radius 2 is 0.923 bits per heavy atom. The van der Waals surface area contributed by atoms with Gasteiger partial charge in [0.1, 0.15) is 0 Å². The normalized spacial score (nSPS) is 11.2. The number of hydrogen-bond acceptors (Lipinski definition) is 2. The van der Waals surface area contributed by atoms with Crippen LogP contribution < -0.4 is 15.9 Å². The summed E-state index contributed by atoms with van der Waals surface area (Å²) in [5.41, 5.74) is 2.18. The second kappa shape index (κ2) is 7.11. The van der Waals surface area contributed by atoms with Crippen LogP contribution in [0.2, 0.25) is 0 Å². The minimum absolute atomic E-state index is 0.840. The Hall–Kier alpha value is -2.96. The smallest absolute Gasteiger partial charge is 0.171 e. The minimum Gasteiger partial charge on any atom is -0.309 e. The first kappa shape index (κ1) is 16.5. The molecule has 0 unspecified atom stereocenters. The van der Waals surface area contributed by atoms with E-state index in [9.17, 15) is 4.57 Å². The zero-order chi connectivity index (χ0) is 17.8. The van der Waals surface area contributed by atoms with Crippen LogP contribution in [0.1, 0.15) is 0 Å². The van der Waals surface area contributed by atoms with Gasteiger partial charge in [0.15, 0.2) is 7.14 Å². The Morgan fingerprint density at radius 1 is 0.500 bits per heavy atom. The topological polar surface area (TPSA) is 30.0 Å². The van der Waals surface area contributed by atoms with E-state index >= 15 is 0 Å². The van der Waals surface area contributed by atoms with Gasteiger partial charge in [-0.05, 0) is 23.3 Å². The molecule has 2 nitrogen and oxygen atoms in total. The minimum atomic E-state index is -2.90. The summed E-state index contributed by atoms with van der Waals surface area (Å²) in [6.07, 6.45) is 3.56. The summed E-state index contributed by atoms with van der Waals surface area (Å²) >= 11 is 0. The lowest BCUT2D eigenvalue weighted by molar-refractivity contribution is 0.592. The Kier molecular flexibility index (Phi) is 4.51. The molecule has 4 aromatic rings. The van der Waals surface area contributed by atoms with E-state index in [0.29, 0.717) is 0 Å². The highest BCUT2D eigenvalue weighted by molar-refractivity contribution is 7.85. The van der Waals surface area contributed by atoms with E-state index in [1.54, 1.807) is 12.4 Å². The van der Waals surface area contributed by atoms with Crippen LogP contribution in [-0.2, 0) is 4.57 Å². The van der Waals surface area contributed by atoms with Crippen LogP contribution in [0.3, 0.4) is 0 Å². The van der Waals surface area contributed by atoms with Crippen molar-refractivity contribution in [3.05, 3.63) is 109 Å². The van der Waals surface area contributed by atoms with Crippen LogP contribution in [0.4, 0.5) is 0 Å². The number of rotatable bonds is 4. The lowest BCUT2D eigenvalue weighted by Crippen LogP contribution is -2.24. The Bertz CT molecular complexity index is 986. The van der Waals surface area contributed by atoms with Gasteiger partial charge < -0.3 is 4.57 Å². The summed E-state index contributed by atoms with van der Waals surface area (Å²) in [6, 6.07) is 31.4. The van der Waals surface area contributed by atoms with E-state index in [1.807, 2.05) is 97.1 Å². The van der Waals surface area contributed by atoms with Crippen molar-refractivity contribution in [1.82, 2.24) is 4.98 Å². The molecule has 1 aromatic heterocycles. The van der Waals surface area contributed by atoms with Crippen molar-refractivity contribution < 1.29 is 4.57 Å². The summed E-state index contributed by atoms with van der Waals surface area (Å²) in [5.74, 6) is 0. The molecule has 0 aliphatic carbocycles. The monoisotopic (exact) mass is 355 g/mol. The van der Waals surface area contributed by atoms with E-state index in [2.05, 4.69) is 4.98 Å². The molecule has 3 aromatic carbocycles. The van der Waals surface area contributed by atoms with Gasteiger partial charge in [-0.3, -0.25) is 4.98 Å². The molecule has 0 atom stereocenters. The molecule has 0 spiro atoms. The van der Waals surface area contributed by atoms with Crippen molar-refractivity contribution in [3.63, 3.8) is 0 Å². The van der Waals surface area contributed by atoms with Gasteiger partial charge in [-0.2, -0.15) is 0 Å². The van der Waals surface area contributed by atoms with E-state index in [-0.39, 0.29) is 0 Å². The van der Waals surface area contributed by atoms with Gasteiger partial charge in [-0.1, -0.05) is 84.9 Å². The lowest BCUT2D eigenvalue weighted by Gasteiger charge is -2.20. The van der Waals surface area contributed by atoms with Crippen molar-refractivity contribution in [2.24, 2.45) is 0 Å². The molecule has 4 rings (SSSR count). The van der Waals surface area contributed by atoms with Crippen LogP contribution in [0.15, 0.2) is 109 Å².